The summed E-state index contributed by atoms with van der Waals surface area (Å²) in [5.41, 5.74) is 2.90. The number of aryl methyl sites for hydroxylation is 2. The maximum Gasteiger partial charge on any atom is 0.272 e. The molecule has 2 amide bonds. The van der Waals surface area contributed by atoms with Crippen molar-refractivity contribution in [2.24, 2.45) is 0 Å². The number of carbonyl (C=O) groups excluding carboxylic acids is 2. The number of nitrogens with zero attached hydrogens (tertiary/aromatic N) is 2. The Balaban J connectivity index is 2.09. The van der Waals surface area contributed by atoms with Gasteiger partial charge < -0.3 is 10.2 Å². The van der Waals surface area contributed by atoms with Crippen LogP contribution in [0.1, 0.15) is 35.1 Å². The van der Waals surface area contributed by atoms with Crippen molar-refractivity contribution in [1.29, 1.82) is 0 Å². The second kappa shape index (κ2) is 8.24. The molecule has 1 heterocycles. The predicted molar refractivity (Wildman–Crippen MR) is 95.0 cm³/mol. The van der Waals surface area contributed by atoms with Gasteiger partial charge in [-0.15, -0.1) is 0 Å². The zero-order valence-corrected chi connectivity index (χ0v) is 14.4. The number of hydrogen-bond acceptors (Lipinski definition) is 3. The predicted octanol–water partition coefficient (Wildman–Crippen LogP) is 3.19. The fourth-order valence-corrected chi connectivity index (χ4v) is 2.42. The van der Waals surface area contributed by atoms with Gasteiger partial charge in [0.25, 0.3) is 5.91 Å². The quantitative estimate of drug-likeness (QED) is 0.887. The zero-order valence-electron chi connectivity index (χ0n) is 14.4. The van der Waals surface area contributed by atoms with Crippen molar-refractivity contribution in [2.75, 3.05) is 18.4 Å². The van der Waals surface area contributed by atoms with Gasteiger partial charge >= 0.3 is 0 Å². The van der Waals surface area contributed by atoms with Gasteiger partial charge in [0.1, 0.15) is 12.2 Å². The van der Waals surface area contributed by atoms with Crippen molar-refractivity contribution in [3.05, 3.63) is 59.4 Å². The Morgan fingerprint density at radius 2 is 1.83 bits per heavy atom. The highest BCUT2D eigenvalue weighted by molar-refractivity contribution is 5.98. The first-order valence-electron chi connectivity index (χ1n) is 8.09. The number of carbonyl (C=O) groups is 2. The van der Waals surface area contributed by atoms with Crippen LogP contribution in [0.5, 0.6) is 0 Å². The van der Waals surface area contributed by atoms with Crippen LogP contribution in [-0.2, 0) is 4.79 Å². The summed E-state index contributed by atoms with van der Waals surface area (Å²) in [6, 6.07) is 12.9. The minimum Gasteiger partial charge on any atom is -0.328 e. The van der Waals surface area contributed by atoms with Crippen LogP contribution in [-0.4, -0.2) is 34.8 Å². The van der Waals surface area contributed by atoms with Crippen LogP contribution in [0.4, 0.5) is 5.69 Å². The van der Waals surface area contributed by atoms with E-state index in [4.69, 9.17) is 0 Å². The second-order valence-corrected chi connectivity index (χ2v) is 5.75. The molecule has 0 bridgehead atoms. The lowest BCUT2D eigenvalue weighted by atomic mass is 10.2. The fraction of sp³-hybridized carbons (Fsp3) is 0.316. The largest absolute Gasteiger partial charge is 0.328 e. The first kappa shape index (κ1) is 17.7. The monoisotopic (exact) mass is 325 g/mol. The van der Waals surface area contributed by atoms with E-state index < -0.39 is 0 Å². The van der Waals surface area contributed by atoms with E-state index in [1.807, 2.05) is 51.1 Å². The Bertz CT molecular complexity index is 728. The number of amides is 2. The molecule has 5 heteroatoms. The molecule has 0 saturated carbocycles. The van der Waals surface area contributed by atoms with Gasteiger partial charge in [-0.1, -0.05) is 31.2 Å². The van der Waals surface area contributed by atoms with E-state index in [1.165, 1.54) is 4.90 Å². The number of rotatable bonds is 6. The van der Waals surface area contributed by atoms with Gasteiger partial charge in [-0.25, -0.2) is 4.98 Å². The molecular weight excluding hydrogens is 302 g/mol. The Kier molecular flexibility index (Phi) is 6.07. The molecule has 0 unspecified atom stereocenters. The molecule has 0 fully saturated rings. The first-order chi connectivity index (χ1) is 11.5. The molecule has 0 aliphatic heterocycles. The summed E-state index contributed by atoms with van der Waals surface area (Å²) in [5, 5.41) is 2.86. The van der Waals surface area contributed by atoms with E-state index >= 15 is 0 Å². The number of para-hydroxylation sites is 1. The summed E-state index contributed by atoms with van der Waals surface area (Å²) in [6.07, 6.45) is 0.773. The van der Waals surface area contributed by atoms with Gasteiger partial charge in [-0.3, -0.25) is 9.59 Å². The molecule has 0 aliphatic carbocycles. The molecule has 0 spiro atoms. The summed E-state index contributed by atoms with van der Waals surface area (Å²) in [7, 11) is 0. The Labute approximate surface area is 142 Å². The lowest BCUT2D eigenvalue weighted by Gasteiger charge is -2.21. The number of anilines is 1. The van der Waals surface area contributed by atoms with Gasteiger partial charge in [-0.2, -0.15) is 0 Å². The van der Waals surface area contributed by atoms with Gasteiger partial charge in [0.05, 0.1) is 0 Å². The minimum absolute atomic E-state index is 0.0105. The molecular formula is C19H23N3O2. The smallest absolute Gasteiger partial charge is 0.272 e. The van der Waals surface area contributed by atoms with E-state index in [0.717, 1.165) is 23.4 Å². The van der Waals surface area contributed by atoms with E-state index in [0.29, 0.717) is 12.2 Å². The van der Waals surface area contributed by atoms with Crippen LogP contribution in [0, 0.1) is 13.8 Å². The number of benzene rings is 1. The fourth-order valence-electron chi connectivity index (χ4n) is 2.42. The van der Waals surface area contributed by atoms with Gasteiger partial charge in [0.2, 0.25) is 5.91 Å². The number of hydrogen-bond donors (Lipinski definition) is 1. The zero-order chi connectivity index (χ0) is 17.5. The first-order valence-corrected chi connectivity index (χ1v) is 8.09. The van der Waals surface area contributed by atoms with Gasteiger partial charge in [0, 0.05) is 17.9 Å². The molecule has 0 radical (unpaired) electrons. The normalized spacial score (nSPS) is 10.3. The molecule has 2 rings (SSSR count). The molecule has 2 aromatic rings. The summed E-state index contributed by atoms with van der Waals surface area (Å²) in [4.78, 5) is 30.7. The van der Waals surface area contributed by atoms with Crippen LogP contribution in [0.15, 0.2) is 42.5 Å². The van der Waals surface area contributed by atoms with Crippen LogP contribution in [0.3, 0.4) is 0 Å². The number of aromatic nitrogens is 1. The third-order valence-corrected chi connectivity index (χ3v) is 3.64. The minimum atomic E-state index is -0.222. The molecule has 0 aliphatic rings. The molecule has 24 heavy (non-hydrogen) atoms. The van der Waals surface area contributed by atoms with Crippen molar-refractivity contribution in [3.8, 4) is 0 Å². The highest BCUT2D eigenvalue weighted by Gasteiger charge is 2.19. The number of nitrogens with one attached hydrogen (secondary N) is 1. The SMILES string of the molecule is CCCN(CC(=O)Nc1ccccc1C)C(=O)c1cccc(C)n1. The van der Waals surface area contributed by atoms with E-state index in [1.54, 1.807) is 12.1 Å². The van der Waals surface area contributed by atoms with Crippen LogP contribution in [0.25, 0.3) is 0 Å². The lowest BCUT2D eigenvalue weighted by molar-refractivity contribution is -0.116. The average molecular weight is 325 g/mol. The third-order valence-electron chi connectivity index (χ3n) is 3.64. The van der Waals surface area contributed by atoms with Crippen LogP contribution >= 0.6 is 0 Å². The van der Waals surface area contributed by atoms with Crippen molar-refractivity contribution < 1.29 is 9.59 Å². The van der Waals surface area contributed by atoms with Gasteiger partial charge in [0.15, 0.2) is 0 Å². The van der Waals surface area contributed by atoms with Crippen LogP contribution < -0.4 is 5.32 Å². The van der Waals surface area contributed by atoms with Crippen LogP contribution in [0.2, 0.25) is 0 Å². The maximum absolute atomic E-state index is 12.6. The van der Waals surface area contributed by atoms with Crippen molar-refractivity contribution in [3.63, 3.8) is 0 Å². The standard InChI is InChI=1S/C19H23N3O2/c1-4-12-22(19(24)17-11-7-9-15(3)20-17)13-18(23)21-16-10-6-5-8-14(16)2/h5-11H,4,12-13H2,1-3H3,(H,21,23). The van der Waals surface area contributed by atoms with Crippen molar-refractivity contribution >= 4 is 17.5 Å². The molecule has 1 aromatic carbocycles. The summed E-state index contributed by atoms with van der Waals surface area (Å²) in [5.74, 6) is -0.431. The average Bonchev–Trinajstić information content (AvgIpc) is 2.56. The molecule has 5 nitrogen and oxygen atoms in total. The Hall–Kier alpha value is -2.69. The summed E-state index contributed by atoms with van der Waals surface area (Å²) < 4.78 is 0. The van der Waals surface area contributed by atoms with Gasteiger partial charge in [-0.05, 0) is 44.0 Å². The molecule has 1 N–H and O–H groups in total. The Morgan fingerprint density at radius 1 is 1.08 bits per heavy atom. The Morgan fingerprint density at radius 3 is 2.50 bits per heavy atom. The highest BCUT2D eigenvalue weighted by atomic mass is 16.2. The van der Waals surface area contributed by atoms with Crippen molar-refractivity contribution in [1.82, 2.24) is 9.88 Å². The van der Waals surface area contributed by atoms with E-state index in [2.05, 4.69) is 10.3 Å². The third kappa shape index (κ3) is 4.65. The summed E-state index contributed by atoms with van der Waals surface area (Å²) >= 11 is 0. The molecule has 126 valence electrons. The number of pyridine rings is 1. The maximum atomic E-state index is 12.6. The van der Waals surface area contributed by atoms with Crippen molar-refractivity contribution in [2.45, 2.75) is 27.2 Å². The van der Waals surface area contributed by atoms with E-state index in [-0.39, 0.29) is 18.4 Å². The molecule has 0 atom stereocenters. The van der Waals surface area contributed by atoms with E-state index in [9.17, 15) is 9.59 Å². The lowest BCUT2D eigenvalue weighted by Crippen LogP contribution is -2.39. The molecule has 0 saturated heterocycles. The highest BCUT2D eigenvalue weighted by Crippen LogP contribution is 2.13. The topological polar surface area (TPSA) is 62.3 Å². The second-order valence-electron chi connectivity index (χ2n) is 5.75. The molecule has 1 aromatic heterocycles. The summed E-state index contributed by atoms with van der Waals surface area (Å²) in [6.45, 7) is 6.27.